The van der Waals surface area contributed by atoms with Crippen LogP contribution in [0.1, 0.15) is 0 Å². The van der Waals surface area contributed by atoms with Crippen molar-refractivity contribution < 1.29 is 49.8 Å². The van der Waals surface area contributed by atoms with Crippen LogP contribution in [0.2, 0.25) is 0 Å². The van der Waals surface area contributed by atoms with Gasteiger partial charge in [0.05, 0.1) is 0 Å². The van der Waals surface area contributed by atoms with E-state index >= 15 is 0 Å². The first kappa shape index (κ1) is 38.8. The first-order chi connectivity index (χ1) is 0. The Morgan fingerprint density at radius 1 is 0.750 bits per heavy atom. The van der Waals surface area contributed by atoms with Crippen LogP contribution in [-0.2, 0) is 49.8 Å². The van der Waals surface area contributed by atoms with Crippen LogP contribution in [0.25, 0.3) is 0 Å². The van der Waals surface area contributed by atoms with Crippen molar-refractivity contribution in [1.82, 2.24) is 0 Å². The summed E-state index contributed by atoms with van der Waals surface area (Å²) in [6.45, 7) is 0. The van der Waals surface area contributed by atoms with E-state index in [4.69, 9.17) is 0 Å². The fraction of sp³-hybridized carbons (Fsp3) is 0. The third-order valence-electron chi connectivity index (χ3n) is 0. The minimum Gasteiger partial charge on any atom is -0.153 e. The molecule has 0 rings (SSSR count). The van der Waals surface area contributed by atoms with Gasteiger partial charge in [-0.15, -0.1) is 0 Å². The fourth-order valence-electron chi connectivity index (χ4n) is 0. The first-order valence-electron chi connectivity index (χ1n) is 0. The van der Waals surface area contributed by atoms with Gasteiger partial charge in [-0.1, -0.05) is 0 Å². The Morgan fingerprint density at radius 2 is 0.750 bits per heavy atom. The van der Waals surface area contributed by atoms with Crippen molar-refractivity contribution in [3.05, 3.63) is 0 Å². The van der Waals surface area contributed by atoms with Crippen LogP contribution in [0.15, 0.2) is 0 Å². The average molecular weight is 210 g/mol. The molecule has 0 aliphatic rings. The molecule has 0 heterocycles. The van der Waals surface area contributed by atoms with Crippen LogP contribution < -0.4 is 0 Å². The zero-order chi connectivity index (χ0) is 0. The molecule has 0 aromatic heterocycles. The standard InChI is InChI=1S/Co.2Ni.H3P/h;;;1H3. The molecule has 0 amide bonds. The monoisotopic (exact) mass is 209 g/mol. The molecule has 4 heteroatoms. The summed E-state index contributed by atoms with van der Waals surface area (Å²) in [5.41, 5.74) is 0. The van der Waals surface area contributed by atoms with Gasteiger partial charge in [-0.05, 0) is 0 Å². The minimum absolute atomic E-state index is 0. The van der Waals surface area contributed by atoms with Gasteiger partial charge >= 0.3 is 0 Å². The first-order valence-corrected chi connectivity index (χ1v) is 0. The van der Waals surface area contributed by atoms with E-state index in [1.165, 1.54) is 0 Å². The van der Waals surface area contributed by atoms with Crippen molar-refractivity contribution in [1.29, 1.82) is 0 Å². The van der Waals surface area contributed by atoms with Gasteiger partial charge in [0.1, 0.15) is 0 Å². The molecule has 0 bridgehead atoms. The molecule has 1 radical (unpaired) electrons. The zero-order valence-electron chi connectivity index (χ0n) is 1.67. The van der Waals surface area contributed by atoms with Crippen LogP contribution in [0, 0.1) is 0 Å². The summed E-state index contributed by atoms with van der Waals surface area (Å²) in [5, 5.41) is 0. The topological polar surface area (TPSA) is 0 Å². The van der Waals surface area contributed by atoms with Gasteiger partial charge in [0, 0.05) is 49.8 Å². The second-order valence-corrected chi connectivity index (χ2v) is 0. The molecular weight excluding hydrogens is 207 g/mol. The Kier molecular flexibility index (Phi) is 199. The smallest absolute Gasteiger partial charge is 0 e. The van der Waals surface area contributed by atoms with Crippen molar-refractivity contribution in [2.24, 2.45) is 0 Å². The maximum Gasteiger partial charge on any atom is 0 e. The molecule has 37 valence electrons. The Balaban J connectivity index is 0. The molecule has 0 aromatic rings. The number of hydrogen-bond donors (Lipinski definition) is 0. The van der Waals surface area contributed by atoms with E-state index in [1.807, 2.05) is 0 Å². The summed E-state index contributed by atoms with van der Waals surface area (Å²) in [6, 6.07) is 0. The summed E-state index contributed by atoms with van der Waals surface area (Å²) >= 11 is 0. The van der Waals surface area contributed by atoms with Crippen LogP contribution >= 0.6 is 9.90 Å². The third-order valence-corrected chi connectivity index (χ3v) is 0. The molecule has 0 aliphatic heterocycles. The molecular formula is H3CoNi2P. The van der Waals surface area contributed by atoms with Gasteiger partial charge in [0.15, 0.2) is 0 Å². The Labute approximate surface area is 59.5 Å². The predicted molar refractivity (Wildman–Crippen MR) is 11.1 cm³/mol. The summed E-state index contributed by atoms with van der Waals surface area (Å²) in [5.74, 6) is 0. The SMILES string of the molecule is P.[Co].[Ni].[Ni]. The van der Waals surface area contributed by atoms with Gasteiger partial charge in [-0.3, -0.25) is 0 Å². The van der Waals surface area contributed by atoms with Gasteiger partial charge in [-0.25, -0.2) is 0 Å². The fourth-order valence-corrected chi connectivity index (χ4v) is 0. The summed E-state index contributed by atoms with van der Waals surface area (Å²) in [6.07, 6.45) is 0. The van der Waals surface area contributed by atoms with Crippen LogP contribution in [0.3, 0.4) is 0 Å². The normalized spacial score (nSPS) is 0. The van der Waals surface area contributed by atoms with Gasteiger partial charge < -0.3 is 0 Å². The largest absolute Gasteiger partial charge is 0.153 e. The third kappa shape index (κ3) is 9.06. The zero-order valence-corrected chi connectivity index (χ0v) is 6.10. The Bertz CT molecular complexity index is 6.00. The van der Waals surface area contributed by atoms with Crippen LogP contribution in [0.4, 0.5) is 0 Å². The molecule has 0 fully saturated rings. The minimum atomic E-state index is 0. The van der Waals surface area contributed by atoms with Crippen molar-refractivity contribution in [3.8, 4) is 0 Å². The van der Waals surface area contributed by atoms with Crippen molar-refractivity contribution in [2.45, 2.75) is 0 Å². The molecule has 0 spiro atoms. The second-order valence-electron chi connectivity index (χ2n) is 0. The summed E-state index contributed by atoms with van der Waals surface area (Å²) in [7, 11) is 0. The van der Waals surface area contributed by atoms with E-state index in [0.717, 1.165) is 0 Å². The van der Waals surface area contributed by atoms with Gasteiger partial charge in [-0.2, -0.15) is 9.90 Å². The number of rotatable bonds is 0. The number of hydrogen-bond acceptors (Lipinski definition) is 0. The second kappa shape index (κ2) is 20.5. The van der Waals surface area contributed by atoms with E-state index < -0.39 is 0 Å². The predicted octanol–water partition coefficient (Wildman–Crippen LogP) is 0.0506. The maximum atomic E-state index is 0. The summed E-state index contributed by atoms with van der Waals surface area (Å²) < 4.78 is 0. The molecule has 1 atom stereocenters. The van der Waals surface area contributed by atoms with E-state index in [9.17, 15) is 0 Å². The van der Waals surface area contributed by atoms with Crippen molar-refractivity contribution >= 4 is 9.90 Å². The van der Waals surface area contributed by atoms with Crippen molar-refractivity contribution in [2.75, 3.05) is 0 Å². The molecule has 0 saturated carbocycles. The van der Waals surface area contributed by atoms with E-state index in [-0.39, 0.29) is 59.7 Å². The molecule has 0 saturated heterocycles. The molecule has 0 nitrogen and oxygen atoms in total. The van der Waals surface area contributed by atoms with E-state index in [0.29, 0.717) is 0 Å². The summed E-state index contributed by atoms with van der Waals surface area (Å²) in [4.78, 5) is 0. The Hall–Kier alpha value is 1.92. The average Bonchev–Trinajstić information content (AvgIpc) is 0. The quantitative estimate of drug-likeness (QED) is 0.391. The molecule has 0 aliphatic carbocycles. The molecule has 4 heavy (non-hydrogen) atoms. The van der Waals surface area contributed by atoms with Crippen LogP contribution in [-0.4, -0.2) is 0 Å². The molecule has 1 unspecified atom stereocenters. The Morgan fingerprint density at radius 3 is 0.750 bits per heavy atom. The van der Waals surface area contributed by atoms with Gasteiger partial charge in [0.25, 0.3) is 0 Å². The van der Waals surface area contributed by atoms with E-state index in [1.54, 1.807) is 0 Å². The van der Waals surface area contributed by atoms with Crippen molar-refractivity contribution in [3.63, 3.8) is 0 Å². The molecule has 0 N–H and O–H groups in total. The maximum absolute atomic E-state index is 0. The molecule has 0 aromatic carbocycles. The van der Waals surface area contributed by atoms with Gasteiger partial charge in [0.2, 0.25) is 0 Å². The van der Waals surface area contributed by atoms with Crippen LogP contribution in [0.5, 0.6) is 0 Å². The van der Waals surface area contributed by atoms with E-state index in [2.05, 4.69) is 0 Å².